The minimum Gasteiger partial charge on any atom is -0.462 e. The molecule has 0 aromatic heterocycles. The van der Waals surface area contributed by atoms with E-state index >= 15 is 0 Å². The molecule has 1 aliphatic heterocycles. The number of rotatable bonds is 2. The van der Waals surface area contributed by atoms with E-state index in [0.717, 1.165) is 0 Å². The molecule has 1 saturated heterocycles. The van der Waals surface area contributed by atoms with Crippen molar-refractivity contribution in [2.24, 2.45) is 0 Å². The third kappa shape index (κ3) is 2.70. The number of hydrogen-bond acceptors (Lipinski definition) is 5. The smallest absolute Gasteiger partial charge is 0.228 e. The van der Waals surface area contributed by atoms with Crippen molar-refractivity contribution in [1.29, 1.82) is 0 Å². The number of benzene rings is 1. The number of nitrogen functional groups attached to an aromatic ring is 1. The number of nitrogens with two attached hydrogens (primary N) is 1. The molecule has 0 radical (unpaired) electrons. The zero-order valence-corrected chi connectivity index (χ0v) is 10.6. The van der Waals surface area contributed by atoms with Gasteiger partial charge in [0.05, 0.1) is 17.6 Å². The molecule has 0 aliphatic carbocycles. The minimum absolute atomic E-state index is 0.505. The molecule has 0 spiro atoms. The molecule has 18 heavy (non-hydrogen) atoms. The van der Waals surface area contributed by atoms with Crippen molar-refractivity contribution in [2.45, 2.75) is 36.9 Å². The second-order valence-corrected chi connectivity index (χ2v) is 4.83. The first-order valence-corrected chi connectivity index (χ1v) is 6.10. The van der Waals surface area contributed by atoms with Gasteiger partial charge in [-0.1, -0.05) is 0 Å². The predicted molar refractivity (Wildman–Crippen MR) is 67.5 cm³/mol. The Hall–Kier alpha value is -1.01. The fourth-order valence-corrected chi connectivity index (χ4v) is 2.09. The highest BCUT2D eigenvalue weighted by Crippen LogP contribution is 2.27. The molecule has 0 saturated carbocycles. The van der Waals surface area contributed by atoms with E-state index in [4.69, 9.17) is 26.8 Å². The maximum Gasteiger partial charge on any atom is 0.228 e. The molecule has 1 aliphatic rings. The Morgan fingerprint density at radius 3 is 2.44 bits per heavy atom. The van der Waals surface area contributed by atoms with Crippen LogP contribution in [0, 0.1) is 0 Å². The van der Waals surface area contributed by atoms with Gasteiger partial charge in [0.25, 0.3) is 0 Å². The van der Waals surface area contributed by atoms with Gasteiger partial charge in [0.1, 0.15) is 11.9 Å². The van der Waals surface area contributed by atoms with Gasteiger partial charge in [-0.2, -0.15) is 0 Å². The monoisotopic (exact) mass is 273 g/mol. The van der Waals surface area contributed by atoms with E-state index in [1.807, 2.05) is 0 Å². The lowest BCUT2D eigenvalue weighted by atomic mass is 10.0. The molecule has 1 fully saturated rings. The van der Waals surface area contributed by atoms with E-state index in [1.54, 1.807) is 31.2 Å². The third-order valence-electron chi connectivity index (χ3n) is 2.89. The molecule has 6 heteroatoms. The van der Waals surface area contributed by atoms with Crippen molar-refractivity contribution in [3.8, 4) is 5.75 Å². The van der Waals surface area contributed by atoms with Gasteiger partial charge in [0.15, 0.2) is 0 Å². The van der Waals surface area contributed by atoms with E-state index in [-0.39, 0.29) is 0 Å². The second-order valence-electron chi connectivity index (χ2n) is 4.32. The summed E-state index contributed by atoms with van der Waals surface area (Å²) in [6.07, 6.45) is -3.44. The van der Waals surface area contributed by atoms with Crippen LogP contribution in [0.4, 0.5) is 5.69 Å². The number of aliphatic hydroxyl groups is 2. The summed E-state index contributed by atoms with van der Waals surface area (Å²) in [5.74, 6) is 0.515. The Bertz CT molecular complexity index is 400. The molecule has 5 atom stereocenters. The molecule has 0 bridgehead atoms. The SMILES string of the molecule is CC1OC(Oc2ccc(N)cc2)C(O)C(Cl)C1O. The van der Waals surface area contributed by atoms with Crippen LogP contribution in [0.5, 0.6) is 5.75 Å². The Balaban J connectivity index is 2.06. The Labute approximate surface area is 110 Å². The van der Waals surface area contributed by atoms with Gasteiger partial charge in [-0.25, -0.2) is 0 Å². The summed E-state index contributed by atoms with van der Waals surface area (Å²) < 4.78 is 10.9. The maximum absolute atomic E-state index is 9.87. The zero-order valence-electron chi connectivity index (χ0n) is 9.86. The van der Waals surface area contributed by atoms with Crippen molar-refractivity contribution in [2.75, 3.05) is 5.73 Å². The predicted octanol–water partition coefficient (Wildman–Crippen LogP) is 0.722. The van der Waals surface area contributed by atoms with Crippen LogP contribution in [0.2, 0.25) is 0 Å². The first kappa shape index (κ1) is 13.4. The average molecular weight is 274 g/mol. The van der Waals surface area contributed by atoms with Crippen LogP contribution >= 0.6 is 11.6 Å². The minimum atomic E-state index is -1.10. The van der Waals surface area contributed by atoms with E-state index < -0.39 is 30.0 Å². The number of ether oxygens (including phenoxy) is 2. The van der Waals surface area contributed by atoms with Crippen LogP contribution in [0.1, 0.15) is 6.92 Å². The largest absolute Gasteiger partial charge is 0.462 e. The van der Waals surface area contributed by atoms with Gasteiger partial charge >= 0.3 is 0 Å². The van der Waals surface area contributed by atoms with Crippen LogP contribution in [-0.4, -0.2) is 40.2 Å². The summed E-state index contributed by atoms with van der Waals surface area (Å²) in [5, 5.41) is 18.7. The summed E-state index contributed by atoms with van der Waals surface area (Å²) in [5.41, 5.74) is 6.18. The highest BCUT2D eigenvalue weighted by atomic mass is 35.5. The molecule has 5 unspecified atom stereocenters. The molecule has 1 aromatic rings. The fourth-order valence-electron chi connectivity index (χ4n) is 1.76. The Morgan fingerprint density at radius 2 is 1.83 bits per heavy atom. The lowest BCUT2D eigenvalue weighted by Gasteiger charge is -2.38. The highest BCUT2D eigenvalue weighted by molar-refractivity contribution is 6.21. The average Bonchev–Trinajstić information content (AvgIpc) is 2.36. The van der Waals surface area contributed by atoms with Crippen molar-refractivity contribution in [1.82, 2.24) is 0 Å². The molecule has 100 valence electrons. The maximum atomic E-state index is 9.87. The van der Waals surface area contributed by atoms with Gasteiger partial charge in [-0.05, 0) is 31.2 Å². The van der Waals surface area contributed by atoms with Crippen molar-refractivity contribution >= 4 is 17.3 Å². The van der Waals surface area contributed by atoms with Crippen molar-refractivity contribution < 1.29 is 19.7 Å². The number of alkyl halides is 1. The topological polar surface area (TPSA) is 84.9 Å². The zero-order chi connectivity index (χ0) is 13.3. The molecule has 1 heterocycles. The standard InChI is InChI=1S/C12H16ClNO4/c1-6-10(15)9(13)11(16)12(17-6)18-8-4-2-7(14)3-5-8/h2-6,9-12,15-16H,14H2,1H3. The number of anilines is 1. The summed E-state index contributed by atoms with van der Waals surface area (Å²) in [6, 6.07) is 6.71. The Kier molecular flexibility index (Phi) is 3.97. The molecule has 0 amide bonds. The molecule has 4 N–H and O–H groups in total. The quantitative estimate of drug-likeness (QED) is 0.546. The highest BCUT2D eigenvalue weighted by Gasteiger charge is 2.42. The first-order valence-electron chi connectivity index (χ1n) is 5.67. The molecular formula is C12H16ClNO4. The van der Waals surface area contributed by atoms with Gasteiger partial charge in [0.2, 0.25) is 6.29 Å². The Morgan fingerprint density at radius 1 is 1.22 bits per heavy atom. The van der Waals surface area contributed by atoms with Gasteiger partial charge in [-0.15, -0.1) is 11.6 Å². The van der Waals surface area contributed by atoms with Crippen LogP contribution < -0.4 is 10.5 Å². The molecule has 1 aromatic carbocycles. The number of halogens is 1. The van der Waals surface area contributed by atoms with Crippen LogP contribution in [0.15, 0.2) is 24.3 Å². The second kappa shape index (κ2) is 5.32. The van der Waals surface area contributed by atoms with Crippen molar-refractivity contribution in [3.63, 3.8) is 0 Å². The summed E-state index contributed by atoms with van der Waals surface area (Å²) >= 11 is 5.92. The lowest BCUT2D eigenvalue weighted by Crippen LogP contribution is -2.56. The van der Waals surface area contributed by atoms with E-state index in [1.165, 1.54) is 0 Å². The van der Waals surface area contributed by atoms with Gasteiger partial charge in [0, 0.05) is 5.69 Å². The van der Waals surface area contributed by atoms with E-state index in [9.17, 15) is 10.2 Å². The van der Waals surface area contributed by atoms with Crippen LogP contribution in [0.3, 0.4) is 0 Å². The molecule has 2 rings (SSSR count). The normalized spacial score (nSPS) is 36.3. The summed E-state index contributed by atoms with van der Waals surface area (Å²) in [7, 11) is 0. The van der Waals surface area contributed by atoms with Gasteiger partial charge < -0.3 is 25.4 Å². The van der Waals surface area contributed by atoms with Crippen LogP contribution in [-0.2, 0) is 4.74 Å². The van der Waals surface area contributed by atoms with Gasteiger partial charge in [-0.3, -0.25) is 0 Å². The summed E-state index contributed by atoms with van der Waals surface area (Å²) in [6.45, 7) is 1.67. The van der Waals surface area contributed by atoms with E-state index in [0.29, 0.717) is 11.4 Å². The fraction of sp³-hybridized carbons (Fsp3) is 0.500. The van der Waals surface area contributed by atoms with Crippen molar-refractivity contribution in [3.05, 3.63) is 24.3 Å². The first-order chi connectivity index (χ1) is 8.49. The molecular weight excluding hydrogens is 258 g/mol. The summed E-state index contributed by atoms with van der Waals surface area (Å²) in [4.78, 5) is 0. The number of aliphatic hydroxyl groups excluding tert-OH is 2. The lowest BCUT2D eigenvalue weighted by molar-refractivity contribution is -0.226. The van der Waals surface area contributed by atoms with E-state index in [2.05, 4.69) is 0 Å². The van der Waals surface area contributed by atoms with Crippen LogP contribution in [0.25, 0.3) is 0 Å². The third-order valence-corrected chi connectivity index (χ3v) is 3.41. The number of hydrogen-bond donors (Lipinski definition) is 3. The molecule has 5 nitrogen and oxygen atoms in total.